The molecule has 1 aliphatic rings. The molecule has 6 heteroatoms. The maximum absolute atomic E-state index is 12.3. The van der Waals surface area contributed by atoms with E-state index in [1.165, 1.54) is 38.5 Å². The van der Waals surface area contributed by atoms with Crippen molar-refractivity contribution in [2.75, 3.05) is 19.8 Å². The van der Waals surface area contributed by atoms with Crippen LogP contribution in [0.4, 0.5) is 13.2 Å². The van der Waals surface area contributed by atoms with Crippen molar-refractivity contribution in [1.82, 2.24) is 0 Å². The Labute approximate surface area is 124 Å². The minimum Gasteiger partial charge on any atom is -0.467 e. The lowest BCUT2D eigenvalue weighted by Crippen LogP contribution is -2.27. The number of alkyl halides is 3. The lowest BCUT2D eigenvalue weighted by molar-refractivity contribution is -0.0819. The lowest BCUT2D eigenvalue weighted by atomic mass is 10.1. The SMILES string of the molecule is CCCCCCCCCCOCC1CN=C(C(F)(F)F)O1. The third-order valence-electron chi connectivity index (χ3n) is 3.41. The van der Waals surface area contributed by atoms with Crippen LogP contribution >= 0.6 is 0 Å². The number of hydrogen-bond acceptors (Lipinski definition) is 3. The molecule has 0 amide bonds. The molecule has 0 N–H and O–H groups in total. The molecule has 3 nitrogen and oxygen atoms in total. The zero-order valence-corrected chi connectivity index (χ0v) is 12.8. The van der Waals surface area contributed by atoms with Gasteiger partial charge in [0.25, 0.3) is 5.90 Å². The van der Waals surface area contributed by atoms with Crippen LogP contribution in [0.2, 0.25) is 0 Å². The fraction of sp³-hybridized carbons (Fsp3) is 0.933. The Kier molecular flexibility index (Phi) is 8.73. The highest BCUT2D eigenvalue weighted by atomic mass is 19.4. The van der Waals surface area contributed by atoms with E-state index in [-0.39, 0.29) is 13.2 Å². The fourth-order valence-corrected chi connectivity index (χ4v) is 2.21. The zero-order chi connectivity index (χ0) is 15.6. The van der Waals surface area contributed by atoms with Gasteiger partial charge >= 0.3 is 6.18 Å². The highest BCUT2D eigenvalue weighted by Crippen LogP contribution is 2.22. The van der Waals surface area contributed by atoms with Gasteiger partial charge in [0.15, 0.2) is 0 Å². The molecule has 0 saturated carbocycles. The summed E-state index contributed by atoms with van der Waals surface area (Å²) in [5, 5.41) is 0. The summed E-state index contributed by atoms with van der Waals surface area (Å²) in [7, 11) is 0. The molecule has 0 fully saturated rings. The molecule has 1 aliphatic heterocycles. The van der Waals surface area contributed by atoms with Gasteiger partial charge in [-0.05, 0) is 6.42 Å². The van der Waals surface area contributed by atoms with E-state index in [0.29, 0.717) is 6.61 Å². The third kappa shape index (κ3) is 8.29. The highest BCUT2D eigenvalue weighted by Gasteiger charge is 2.42. The lowest BCUT2D eigenvalue weighted by Gasteiger charge is -2.12. The molecular formula is C15H26F3NO2. The molecule has 0 spiro atoms. The molecule has 1 heterocycles. The van der Waals surface area contributed by atoms with Crippen LogP contribution in [0.25, 0.3) is 0 Å². The van der Waals surface area contributed by atoms with Gasteiger partial charge in [-0.25, -0.2) is 4.99 Å². The summed E-state index contributed by atoms with van der Waals surface area (Å²) >= 11 is 0. The van der Waals surface area contributed by atoms with Crippen molar-refractivity contribution in [1.29, 1.82) is 0 Å². The van der Waals surface area contributed by atoms with Crippen LogP contribution in [-0.4, -0.2) is 37.9 Å². The summed E-state index contributed by atoms with van der Waals surface area (Å²) in [6.45, 7) is 3.00. The maximum atomic E-state index is 12.3. The average molecular weight is 309 g/mol. The van der Waals surface area contributed by atoms with Crippen LogP contribution in [-0.2, 0) is 9.47 Å². The molecule has 0 saturated heterocycles. The molecule has 0 aromatic rings. The van der Waals surface area contributed by atoms with Crippen LogP contribution < -0.4 is 0 Å². The number of hydrogen-bond donors (Lipinski definition) is 0. The van der Waals surface area contributed by atoms with Crippen molar-refractivity contribution in [2.24, 2.45) is 4.99 Å². The number of nitrogens with zero attached hydrogens (tertiary/aromatic N) is 1. The van der Waals surface area contributed by atoms with Gasteiger partial charge in [-0.3, -0.25) is 0 Å². The van der Waals surface area contributed by atoms with E-state index < -0.39 is 18.2 Å². The topological polar surface area (TPSA) is 30.8 Å². The molecule has 1 unspecified atom stereocenters. The number of aliphatic imine (C=N–C) groups is 1. The third-order valence-corrected chi connectivity index (χ3v) is 3.41. The van der Waals surface area contributed by atoms with Gasteiger partial charge in [-0.1, -0.05) is 51.9 Å². The van der Waals surface area contributed by atoms with Gasteiger partial charge in [0.2, 0.25) is 0 Å². The Bertz CT molecular complexity index is 306. The summed E-state index contributed by atoms with van der Waals surface area (Å²) in [6.07, 6.45) is 4.64. The summed E-state index contributed by atoms with van der Waals surface area (Å²) in [4.78, 5) is 3.34. The van der Waals surface area contributed by atoms with E-state index in [2.05, 4.69) is 11.9 Å². The standard InChI is InChI=1S/C15H26F3NO2/c1-2-3-4-5-6-7-8-9-10-20-12-13-11-19-14(21-13)15(16,17)18/h13H,2-12H2,1H3. The fourth-order valence-electron chi connectivity index (χ4n) is 2.21. The Morgan fingerprint density at radius 2 is 1.71 bits per heavy atom. The molecular weight excluding hydrogens is 283 g/mol. The second kappa shape index (κ2) is 10.0. The van der Waals surface area contributed by atoms with Gasteiger partial charge < -0.3 is 9.47 Å². The number of rotatable bonds is 11. The van der Waals surface area contributed by atoms with Crippen LogP contribution in [0.1, 0.15) is 58.3 Å². The predicted molar refractivity (Wildman–Crippen MR) is 76.7 cm³/mol. The number of halogens is 3. The van der Waals surface area contributed by atoms with Gasteiger partial charge in [0.05, 0.1) is 13.2 Å². The van der Waals surface area contributed by atoms with E-state index in [1.807, 2.05) is 0 Å². The largest absolute Gasteiger partial charge is 0.468 e. The van der Waals surface area contributed by atoms with E-state index >= 15 is 0 Å². The molecule has 0 radical (unpaired) electrons. The summed E-state index contributed by atoms with van der Waals surface area (Å²) in [5.41, 5.74) is 0. The minimum absolute atomic E-state index is 0.0340. The molecule has 0 aromatic carbocycles. The van der Waals surface area contributed by atoms with Gasteiger partial charge in [0.1, 0.15) is 6.10 Å². The van der Waals surface area contributed by atoms with E-state index in [4.69, 9.17) is 9.47 Å². The predicted octanol–water partition coefficient (Wildman–Crippen LogP) is 4.50. The molecule has 124 valence electrons. The van der Waals surface area contributed by atoms with Crippen LogP contribution in [0.15, 0.2) is 4.99 Å². The molecule has 0 aliphatic carbocycles. The first-order valence-corrected chi connectivity index (χ1v) is 7.90. The minimum atomic E-state index is -4.48. The highest BCUT2D eigenvalue weighted by molar-refractivity contribution is 5.83. The first kappa shape index (κ1) is 18.3. The second-order valence-corrected chi connectivity index (χ2v) is 5.43. The van der Waals surface area contributed by atoms with E-state index in [0.717, 1.165) is 12.8 Å². The molecule has 1 atom stereocenters. The Hall–Kier alpha value is -0.780. The van der Waals surface area contributed by atoms with E-state index in [9.17, 15) is 13.2 Å². The Balaban J connectivity index is 1.88. The van der Waals surface area contributed by atoms with Crippen molar-refractivity contribution in [3.05, 3.63) is 0 Å². The molecule has 21 heavy (non-hydrogen) atoms. The average Bonchev–Trinajstić information content (AvgIpc) is 2.90. The van der Waals surface area contributed by atoms with Crippen molar-refractivity contribution in [3.63, 3.8) is 0 Å². The van der Waals surface area contributed by atoms with Crippen LogP contribution in [0, 0.1) is 0 Å². The van der Waals surface area contributed by atoms with Crippen molar-refractivity contribution < 1.29 is 22.6 Å². The smallest absolute Gasteiger partial charge is 0.467 e. The van der Waals surface area contributed by atoms with Crippen LogP contribution in [0.3, 0.4) is 0 Å². The zero-order valence-electron chi connectivity index (χ0n) is 12.8. The normalized spacial score (nSPS) is 18.7. The quantitative estimate of drug-likeness (QED) is 0.526. The molecule has 1 rings (SSSR count). The molecule has 0 bridgehead atoms. The van der Waals surface area contributed by atoms with Gasteiger partial charge in [-0.15, -0.1) is 0 Å². The Morgan fingerprint density at radius 1 is 1.10 bits per heavy atom. The van der Waals surface area contributed by atoms with Crippen molar-refractivity contribution >= 4 is 5.90 Å². The summed E-state index contributed by atoms with van der Waals surface area (Å²) < 4.78 is 46.9. The first-order valence-electron chi connectivity index (χ1n) is 7.90. The molecule has 0 aromatic heterocycles. The Morgan fingerprint density at radius 3 is 2.29 bits per heavy atom. The van der Waals surface area contributed by atoms with Crippen molar-refractivity contribution in [2.45, 2.75) is 70.6 Å². The van der Waals surface area contributed by atoms with E-state index in [1.54, 1.807) is 0 Å². The number of unbranched alkanes of at least 4 members (excludes halogenated alkanes) is 7. The van der Waals surface area contributed by atoms with Gasteiger partial charge in [-0.2, -0.15) is 13.2 Å². The van der Waals surface area contributed by atoms with Crippen LogP contribution in [0.5, 0.6) is 0 Å². The summed E-state index contributed by atoms with van der Waals surface area (Å²) in [6, 6.07) is 0. The van der Waals surface area contributed by atoms with Gasteiger partial charge in [0, 0.05) is 6.61 Å². The number of ether oxygens (including phenoxy) is 2. The second-order valence-electron chi connectivity index (χ2n) is 5.43. The first-order chi connectivity index (χ1) is 10.0. The monoisotopic (exact) mass is 309 g/mol. The maximum Gasteiger partial charge on any atom is 0.468 e. The summed E-state index contributed by atoms with van der Waals surface area (Å²) in [5.74, 6) is -1.12. The van der Waals surface area contributed by atoms with Crippen molar-refractivity contribution in [3.8, 4) is 0 Å².